The van der Waals surface area contributed by atoms with Gasteiger partial charge in [-0.3, -0.25) is 4.79 Å². The molecule has 1 aromatic carbocycles. The van der Waals surface area contributed by atoms with Gasteiger partial charge in [0.2, 0.25) is 6.29 Å². The van der Waals surface area contributed by atoms with Crippen LogP contribution in [0.25, 0.3) is 0 Å². The zero-order valence-electron chi connectivity index (χ0n) is 12.5. The van der Waals surface area contributed by atoms with Crippen LogP contribution in [0.1, 0.15) is 50.0 Å². The summed E-state index contributed by atoms with van der Waals surface area (Å²) in [6, 6.07) is 6.89. The Balaban J connectivity index is 2.31. The Kier molecular flexibility index (Phi) is 5.11. The minimum absolute atomic E-state index is 0.0946. The number of ether oxygens (including phenoxy) is 2. The molecular weight excluding hydrogens is 297 g/mol. The van der Waals surface area contributed by atoms with Crippen molar-refractivity contribution < 1.29 is 27.4 Å². The van der Waals surface area contributed by atoms with E-state index in [9.17, 15) is 18.0 Å². The molecule has 122 valence electrons. The van der Waals surface area contributed by atoms with Gasteiger partial charge >= 0.3 is 12.1 Å². The van der Waals surface area contributed by atoms with Crippen LogP contribution < -0.4 is 0 Å². The van der Waals surface area contributed by atoms with Crippen LogP contribution in [0.5, 0.6) is 0 Å². The van der Waals surface area contributed by atoms with Crippen molar-refractivity contribution in [2.75, 3.05) is 6.61 Å². The van der Waals surface area contributed by atoms with Crippen LogP contribution in [-0.4, -0.2) is 18.8 Å². The number of hydrogen-bond donors (Lipinski definition) is 0. The summed E-state index contributed by atoms with van der Waals surface area (Å²) >= 11 is 0. The number of carbonyl (C=O) groups is 1. The molecule has 3 nitrogen and oxygen atoms in total. The molecule has 1 aromatic rings. The van der Waals surface area contributed by atoms with Gasteiger partial charge in [-0.05, 0) is 11.5 Å². The van der Waals surface area contributed by atoms with E-state index in [0.717, 1.165) is 12.8 Å². The smallest absolute Gasteiger partial charge is 0.411 e. The summed E-state index contributed by atoms with van der Waals surface area (Å²) in [6.07, 6.45) is -4.18. The molecule has 22 heavy (non-hydrogen) atoms. The fourth-order valence-corrected chi connectivity index (χ4v) is 2.88. The molecule has 1 heterocycles. The van der Waals surface area contributed by atoms with Crippen LogP contribution in [-0.2, 0) is 14.3 Å². The number of hydrogen-bond acceptors (Lipinski definition) is 3. The highest BCUT2D eigenvalue weighted by Gasteiger charge is 2.40. The summed E-state index contributed by atoms with van der Waals surface area (Å²) in [5.74, 6) is -0.867. The molecule has 2 atom stereocenters. The Morgan fingerprint density at radius 2 is 1.77 bits per heavy atom. The third-order valence-electron chi connectivity index (χ3n) is 3.98. The van der Waals surface area contributed by atoms with Gasteiger partial charge in [-0.25, -0.2) is 0 Å². The largest absolute Gasteiger partial charge is 0.431 e. The maximum atomic E-state index is 12.3. The Hall–Kier alpha value is -1.56. The number of carbonyl (C=O) groups excluding carboxylic acids is 1. The van der Waals surface area contributed by atoms with Gasteiger partial charge in [0.1, 0.15) is 6.61 Å². The highest BCUT2D eigenvalue weighted by atomic mass is 19.4. The molecule has 1 aliphatic heterocycles. The van der Waals surface area contributed by atoms with Gasteiger partial charge in [0.15, 0.2) is 0 Å². The maximum absolute atomic E-state index is 12.3. The fraction of sp³-hybridized carbons (Fsp3) is 0.562. The summed E-state index contributed by atoms with van der Waals surface area (Å²) in [5, 5.41) is 0. The number of alkyl halides is 3. The van der Waals surface area contributed by atoms with Crippen LogP contribution in [0.2, 0.25) is 0 Å². The second kappa shape index (κ2) is 6.69. The number of cyclic esters (lactones) is 1. The highest BCUT2D eigenvalue weighted by molar-refractivity contribution is 5.81. The van der Waals surface area contributed by atoms with E-state index in [1.165, 1.54) is 0 Å². The molecule has 6 heteroatoms. The topological polar surface area (TPSA) is 35.5 Å². The predicted octanol–water partition coefficient (Wildman–Crippen LogP) is 4.34. The molecule has 0 N–H and O–H groups in total. The lowest BCUT2D eigenvalue weighted by Gasteiger charge is -2.34. The van der Waals surface area contributed by atoms with E-state index in [1.807, 2.05) is 13.8 Å². The third kappa shape index (κ3) is 3.61. The first kappa shape index (κ1) is 16.8. The first-order valence-corrected chi connectivity index (χ1v) is 7.35. The van der Waals surface area contributed by atoms with E-state index in [-0.39, 0.29) is 5.92 Å². The first-order valence-electron chi connectivity index (χ1n) is 7.35. The molecule has 0 radical (unpaired) electrons. The van der Waals surface area contributed by atoms with Crippen molar-refractivity contribution in [3.8, 4) is 0 Å². The Bertz CT molecular complexity index is 524. The van der Waals surface area contributed by atoms with Gasteiger partial charge in [-0.15, -0.1) is 0 Å². The zero-order chi connectivity index (χ0) is 16.3. The molecule has 1 aliphatic rings. The Morgan fingerprint density at radius 1 is 1.18 bits per heavy atom. The van der Waals surface area contributed by atoms with Gasteiger partial charge < -0.3 is 9.47 Å². The molecule has 0 amide bonds. The standard InChI is InChI=1S/C16H19F3O3/c1-3-10(4-2)13-11-7-5-6-8-12(11)15(22-14(13)20)21-9-16(17,18)19/h5-8,10,13,15H,3-4,9H2,1-2H3. The van der Waals surface area contributed by atoms with Crippen LogP contribution in [0, 0.1) is 5.92 Å². The minimum Gasteiger partial charge on any atom is -0.431 e. The van der Waals surface area contributed by atoms with Crippen molar-refractivity contribution in [3.63, 3.8) is 0 Å². The summed E-state index contributed by atoms with van der Waals surface area (Å²) in [5.41, 5.74) is 1.21. The lowest BCUT2D eigenvalue weighted by Crippen LogP contribution is -2.33. The number of benzene rings is 1. The van der Waals surface area contributed by atoms with Crippen LogP contribution in [0.3, 0.4) is 0 Å². The summed E-state index contributed by atoms with van der Waals surface area (Å²) in [7, 11) is 0. The van der Waals surface area contributed by atoms with Gasteiger partial charge in [0, 0.05) is 5.56 Å². The van der Waals surface area contributed by atoms with Crippen molar-refractivity contribution in [2.24, 2.45) is 5.92 Å². The summed E-state index contributed by atoms with van der Waals surface area (Å²) in [4.78, 5) is 12.3. The van der Waals surface area contributed by atoms with Crippen LogP contribution in [0.4, 0.5) is 13.2 Å². The molecule has 0 saturated heterocycles. The van der Waals surface area contributed by atoms with E-state index >= 15 is 0 Å². The average Bonchev–Trinajstić information content (AvgIpc) is 2.47. The second-order valence-electron chi connectivity index (χ2n) is 5.38. The Labute approximate surface area is 127 Å². The van der Waals surface area contributed by atoms with E-state index in [2.05, 4.69) is 0 Å². The lowest BCUT2D eigenvalue weighted by molar-refractivity contribution is -0.234. The third-order valence-corrected chi connectivity index (χ3v) is 3.98. The molecule has 0 saturated carbocycles. The Morgan fingerprint density at radius 3 is 2.32 bits per heavy atom. The van der Waals surface area contributed by atoms with Crippen molar-refractivity contribution >= 4 is 5.97 Å². The molecule has 2 unspecified atom stereocenters. The number of rotatable bonds is 5. The van der Waals surface area contributed by atoms with Crippen LogP contribution >= 0.6 is 0 Å². The first-order chi connectivity index (χ1) is 10.4. The molecule has 0 spiro atoms. The minimum atomic E-state index is -4.46. The van der Waals surface area contributed by atoms with E-state index in [4.69, 9.17) is 9.47 Å². The SMILES string of the molecule is CCC(CC)C1C(=O)OC(OCC(F)(F)F)c2ccccc21. The molecule has 0 fully saturated rings. The second-order valence-corrected chi connectivity index (χ2v) is 5.38. The quantitative estimate of drug-likeness (QED) is 0.758. The predicted molar refractivity (Wildman–Crippen MR) is 74.1 cm³/mol. The van der Waals surface area contributed by atoms with Crippen molar-refractivity contribution in [3.05, 3.63) is 35.4 Å². The molecule has 0 bridgehead atoms. The van der Waals surface area contributed by atoms with Crippen molar-refractivity contribution in [2.45, 2.75) is 45.1 Å². The number of fused-ring (bicyclic) bond motifs is 1. The van der Waals surface area contributed by atoms with E-state index < -0.39 is 31.0 Å². The average molecular weight is 316 g/mol. The number of esters is 1. The van der Waals surface area contributed by atoms with Crippen molar-refractivity contribution in [1.82, 2.24) is 0 Å². The molecule has 2 rings (SSSR count). The summed E-state index contributed by atoms with van der Waals surface area (Å²) < 4.78 is 46.9. The van der Waals surface area contributed by atoms with Gasteiger partial charge in [0.05, 0.1) is 5.92 Å². The molecular formula is C16H19F3O3. The van der Waals surface area contributed by atoms with Gasteiger partial charge in [0.25, 0.3) is 0 Å². The number of halogens is 3. The monoisotopic (exact) mass is 316 g/mol. The highest BCUT2D eigenvalue weighted by Crippen LogP contribution is 2.41. The van der Waals surface area contributed by atoms with Crippen LogP contribution in [0.15, 0.2) is 24.3 Å². The van der Waals surface area contributed by atoms with E-state index in [1.54, 1.807) is 24.3 Å². The molecule has 0 aliphatic carbocycles. The lowest BCUT2D eigenvalue weighted by atomic mass is 9.79. The van der Waals surface area contributed by atoms with Crippen molar-refractivity contribution in [1.29, 1.82) is 0 Å². The van der Waals surface area contributed by atoms with Gasteiger partial charge in [-0.2, -0.15) is 13.2 Å². The zero-order valence-corrected chi connectivity index (χ0v) is 12.5. The summed E-state index contributed by atoms with van der Waals surface area (Å²) in [6.45, 7) is 2.52. The van der Waals surface area contributed by atoms with Gasteiger partial charge in [-0.1, -0.05) is 51.0 Å². The maximum Gasteiger partial charge on any atom is 0.411 e. The van der Waals surface area contributed by atoms with E-state index in [0.29, 0.717) is 11.1 Å². The fourth-order valence-electron chi connectivity index (χ4n) is 2.88. The normalized spacial score (nSPS) is 21.6. The molecule has 0 aromatic heterocycles.